The lowest BCUT2D eigenvalue weighted by Gasteiger charge is -2.35. The van der Waals surface area contributed by atoms with Gasteiger partial charge >= 0.3 is 0 Å². The molecule has 3 atom stereocenters. The van der Waals surface area contributed by atoms with E-state index in [1.165, 1.54) is 18.6 Å². The minimum absolute atomic E-state index is 0.0311. The molecule has 0 bridgehead atoms. The number of nitrogens with zero attached hydrogens (tertiary/aromatic N) is 2. The SMILES string of the molecule is O=S(=O)(Nc1ccncn1)c1cc(Cl)c(O[C@@H]2CCCC[C@H]2C2CCNN2)cc1F. The molecule has 2 fully saturated rings. The first-order valence-electron chi connectivity index (χ1n) is 9.87. The average molecular weight is 456 g/mol. The second-order valence-corrected chi connectivity index (χ2v) is 9.54. The Balaban J connectivity index is 1.55. The van der Waals surface area contributed by atoms with Gasteiger partial charge in [-0.05, 0) is 37.8 Å². The smallest absolute Gasteiger partial charge is 0.266 e. The number of hydrazine groups is 1. The lowest BCUT2D eigenvalue weighted by atomic mass is 9.81. The van der Waals surface area contributed by atoms with E-state index in [-0.39, 0.29) is 34.7 Å². The topological polar surface area (TPSA) is 105 Å². The molecule has 30 heavy (non-hydrogen) atoms. The predicted octanol–water partition coefficient (Wildman–Crippen LogP) is 2.87. The molecule has 0 spiro atoms. The van der Waals surface area contributed by atoms with E-state index >= 15 is 0 Å². The zero-order valence-corrected chi connectivity index (χ0v) is 17.7. The highest BCUT2D eigenvalue weighted by Crippen LogP contribution is 2.36. The van der Waals surface area contributed by atoms with Crippen molar-refractivity contribution in [3.8, 4) is 5.75 Å². The second kappa shape index (κ2) is 9.01. The third-order valence-electron chi connectivity index (χ3n) is 5.51. The normalized spacial score (nSPS) is 24.5. The molecular weight excluding hydrogens is 433 g/mol. The van der Waals surface area contributed by atoms with Crippen LogP contribution < -0.4 is 20.3 Å². The number of halogens is 2. The van der Waals surface area contributed by atoms with Crippen LogP contribution in [0, 0.1) is 11.7 Å². The maximum atomic E-state index is 14.8. The summed E-state index contributed by atoms with van der Waals surface area (Å²) in [6.45, 7) is 0.898. The number of benzene rings is 1. The fraction of sp³-hybridized carbons (Fsp3) is 0.474. The molecule has 2 aliphatic rings. The van der Waals surface area contributed by atoms with E-state index in [0.717, 1.165) is 50.8 Å². The summed E-state index contributed by atoms with van der Waals surface area (Å²) in [5.41, 5.74) is 6.43. The van der Waals surface area contributed by atoms with E-state index < -0.39 is 20.7 Å². The highest BCUT2D eigenvalue weighted by Gasteiger charge is 2.35. The van der Waals surface area contributed by atoms with Crippen molar-refractivity contribution in [2.45, 2.75) is 49.1 Å². The van der Waals surface area contributed by atoms with Gasteiger partial charge in [0.15, 0.2) is 0 Å². The van der Waals surface area contributed by atoms with Gasteiger partial charge in [-0.1, -0.05) is 18.0 Å². The van der Waals surface area contributed by atoms with Gasteiger partial charge in [0.05, 0.1) is 5.02 Å². The van der Waals surface area contributed by atoms with Gasteiger partial charge in [-0.25, -0.2) is 22.8 Å². The van der Waals surface area contributed by atoms with E-state index in [9.17, 15) is 12.8 Å². The Bertz CT molecular complexity index is 989. The van der Waals surface area contributed by atoms with Gasteiger partial charge in [0, 0.05) is 30.8 Å². The minimum Gasteiger partial charge on any atom is -0.488 e. The highest BCUT2D eigenvalue weighted by molar-refractivity contribution is 7.92. The minimum atomic E-state index is -4.21. The standard InChI is InChI=1S/C19H23ClFN5O3S/c20-13-9-18(30(27,28)26-19-6-7-22-11-23-19)14(21)10-17(13)29-16-4-2-1-3-12(16)15-5-8-24-25-15/h6-7,9-12,15-16,24-25H,1-5,8H2,(H,22,23,26)/t12-,15?,16+/m0/s1. The van der Waals surface area contributed by atoms with Crippen LogP contribution in [-0.4, -0.2) is 37.1 Å². The number of nitrogens with one attached hydrogen (secondary N) is 3. The Morgan fingerprint density at radius 2 is 2.07 bits per heavy atom. The zero-order chi connectivity index (χ0) is 21.1. The van der Waals surface area contributed by atoms with Crippen molar-refractivity contribution in [2.75, 3.05) is 11.3 Å². The Morgan fingerprint density at radius 1 is 1.23 bits per heavy atom. The van der Waals surface area contributed by atoms with Crippen LogP contribution in [0.5, 0.6) is 5.75 Å². The summed E-state index contributed by atoms with van der Waals surface area (Å²) in [5.74, 6) is -0.485. The quantitative estimate of drug-likeness (QED) is 0.615. The molecule has 3 N–H and O–H groups in total. The van der Waals surface area contributed by atoms with Gasteiger partial charge in [0.1, 0.15) is 34.7 Å². The molecule has 1 aliphatic carbocycles. The van der Waals surface area contributed by atoms with E-state index in [4.69, 9.17) is 16.3 Å². The Kier molecular flexibility index (Phi) is 6.37. The van der Waals surface area contributed by atoms with Crippen LogP contribution in [0.3, 0.4) is 0 Å². The maximum Gasteiger partial charge on any atom is 0.266 e. The molecule has 8 nitrogen and oxygen atoms in total. The molecule has 2 aromatic rings. The number of rotatable bonds is 6. The first-order chi connectivity index (χ1) is 14.4. The van der Waals surface area contributed by atoms with Crippen LogP contribution in [-0.2, 0) is 10.0 Å². The third-order valence-corrected chi connectivity index (χ3v) is 7.18. The van der Waals surface area contributed by atoms with Crippen LogP contribution in [0.25, 0.3) is 0 Å². The average Bonchev–Trinajstić information content (AvgIpc) is 3.26. The monoisotopic (exact) mass is 455 g/mol. The van der Waals surface area contributed by atoms with Crippen molar-refractivity contribution in [3.05, 3.63) is 41.6 Å². The van der Waals surface area contributed by atoms with Gasteiger partial charge in [0.2, 0.25) is 0 Å². The molecule has 2 heterocycles. The molecular formula is C19H23ClFN5O3S. The van der Waals surface area contributed by atoms with Crippen LogP contribution in [0.4, 0.5) is 10.2 Å². The molecule has 1 aromatic heterocycles. The summed E-state index contributed by atoms with van der Waals surface area (Å²) < 4.78 is 48.2. The van der Waals surface area contributed by atoms with Gasteiger partial charge in [-0.15, -0.1) is 0 Å². The van der Waals surface area contributed by atoms with Crippen molar-refractivity contribution in [1.82, 2.24) is 20.8 Å². The Morgan fingerprint density at radius 3 is 2.80 bits per heavy atom. The largest absolute Gasteiger partial charge is 0.488 e. The van der Waals surface area contributed by atoms with Crippen molar-refractivity contribution < 1.29 is 17.5 Å². The fourth-order valence-corrected chi connectivity index (χ4v) is 5.44. The molecule has 1 unspecified atom stereocenters. The molecule has 11 heteroatoms. The van der Waals surface area contributed by atoms with Crippen LogP contribution >= 0.6 is 11.6 Å². The summed E-state index contributed by atoms with van der Waals surface area (Å²) in [4.78, 5) is 6.94. The number of aromatic nitrogens is 2. The van der Waals surface area contributed by atoms with Gasteiger partial charge in [-0.3, -0.25) is 15.6 Å². The molecule has 1 saturated heterocycles. The summed E-state index contributed by atoms with van der Waals surface area (Å²) >= 11 is 6.30. The summed E-state index contributed by atoms with van der Waals surface area (Å²) in [5, 5.41) is 0.0429. The van der Waals surface area contributed by atoms with Crippen LogP contribution in [0.2, 0.25) is 5.02 Å². The van der Waals surface area contributed by atoms with Crippen molar-refractivity contribution in [2.24, 2.45) is 5.92 Å². The molecule has 1 aromatic carbocycles. The zero-order valence-electron chi connectivity index (χ0n) is 16.1. The molecule has 0 radical (unpaired) electrons. The summed E-state index contributed by atoms with van der Waals surface area (Å²) in [6.07, 6.45) is 7.45. The number of hydrogen-bond acceptors (Lipinski definition) is 7. The second-order valence-electron chi connectivity index (χ2n) is 7.48. The predicted molar refractivity (Wildman–Crippen MR) is 110 cm³/mol. The molecule has 162 valence electrons. The van der Waals surface area contributed by atoms with Crippen LogP contribution in [0.1, 0.15) is 32.1 Å². The summed E-state index contributed by atoms with van der Waals surface area (Å²) in [7, 11) is -4.21. The summed E-state index contributed by atoms with van der Waals surface area (Å²) in [6, 6.07) is 3.77. The van der Waals surface area contributed by atoms with E-state index in [1.807, 2.05) is 0 Å². The van der Waals surface area contributed by atoms with Crippen molar-refractivity contribution in [3.63, 3.8) is 0 Å². The van der Waals surface area contributed by atoms with Crippen LogP contribution in [0.15, 0.2) is 35.6 Å². The van der Waals surface area contributed by atoms with Crippen molar-refractivity contribution in [1.29, 1.82) is 0 Å². The Hall–Kier alpha value is -2.01. The maximum absolute atomic E-state index is 14.8. The third kappa shape index (κ3) is 4.66. The molecule has 1 saturated carbocycles. The highest BCUT2D eigenvalue weighted by atomic mass is 35.5. The number of ether oxygens (including phenoxy) is 1. The van der Waals surface area contributed by atoms with Gasteiger partial charge < -0.3 is 4.74 Å². The van der Waals surface area contributed by atoms with E-state index in [2.05, 4.69) is 25.5 Å². The number of anilines is 1. The Labute approximate surface area is 179 Å². The molecule has 4 rings (SSSR count). The molecule has 1 aliphatic heterocycles. The first-order valence-corrected chi connectivity index (χ1v) is 11.7. The van der Waals surface area contributed by atoms with E-state index in [1.54, 1.807) is 0 Å². The number of hydrogen-bond donors (Lipinski definition) is 3. The number of sulfonamides is 1. The fourth-order valence-electron chi connectivity index (χ4n) is 4.07. The van der Waals surface area contributed by atoms with Gasteiger partial charge in [0.25, 0.3) is 10.0 Å². The molecule has 0 amide bonds. The lowest BCUT2D eigenvalue weighted by molar-refractivity contribution is 0.0715. The van der Waals surface area contributed by atoms with E-state index in [0.29, 0.717) is 0 Å². The van der Waals surface area contributed by atoms with Crippen molar-refractivity contribution >= 4 is 27.4 Å². The first kappa shape index (κ1) is 21.2. The van der Waals surface area contributed by atoms with Gasteiger partial charge in [-0.2, -0.15) is 0 Å². The lowest BCUT2D eigenvalue weighted by Crippen LogP contribution is -2.44.